The van der Waals surface area contributed by atoms with Crippen LogP contribution in [0.1, 0.15) is 16.8 Å². The van der Waals surface area contributed by atoms with E-state index in [1.165, 1.54) is 0 Å². The van der Waals surface area contributed by atoms with Crippen LogP contribution in [0, 0.1) is 0 Å². The SMILES string of the molecule is COCCCOCC(=O)c1ccc(Br)cc1. The van der Waals surface area contributed by atoms with Crippen LogP contribution in [-0.2, 0) is 9.47 Å². The highest BCUT2D eigenvalue weighted by Gasteiger charge is 2.05. The van der Waals surface area contributed by atoms with Crippen molar-refractivity contribution in [1.29, 1.82) is 0 Å². The molecule has 0 atom stereocenters. The molecule has 0 bridgehead atoms. The molecule has 0 saturated carbocycles. The molecule has 1 rings (SSSR count). The first-order valence-corrected chi connectivity index (χ1v) is 5.89. The maximum atomic E-state index is 11.6. The Morgan fingerprint density at radius 3 is 2.56 bits per heavy atom. The number of carbonyl (C=O) groups is 1. The quantitative estimate of drug-likeness (QED) is 0.571. The molecular weight excluding hydrogens is 272 g/mol. The lowest BCUT2D eigenvalue weighted by atomic mass is 10.1. The molecule has 0 N–H and O–H groups in total. The highest BCUT2D eigenvalue weighted by molar-refractivity contribution is 9.10. The minimum absolute atomic E-state index is 0.00455. The van der Waals surface area contributed by atoms with Crippen LogP contribution < -0.4 is 0 Å². The van der Waals surface area contributed by atoms with Gasteiger partial charge in [-0.1, -0.05) is 28.1 Å². The van der Waals surface area contributed by atoms with Gasteiger partial charge in [0.05, 0.1) is 0 Å². The van der Waals surface area contributed by atoms with Crippen molar-refractivity contribution in [2.24, 2.45) is 0 Å². The van der Waals surface area contributed by atoms with Crippen molar-refractivity contribution in [3.8, 4) is 0 Å². The van der Waals surface area contributed by atoms with Crippen LogP contribution in [0.2, 0.25) is 0 Å². The fourth-order valence-corrected chi connectivity index (χ4v) is 1.45. The normalized spacial score (nSPS) is 10.4. The maximum Gasteiger partial charge on any atom is 0.188 e. The third-order valence-electron chi connectivity index (χ3n) is 2.04. The van der Waals surface area contributed by atoms with Crippen LogP contribution in [0.4, 0.5) is 0 Å². The molecule has 0 heterocycles. The lowest BCUT2D eigenvalue weighted by Gasteiger charge is -2.03. The molecule has 4 heteroatoms. The van der Waals surface area contributed by atoms with E-state index in [1.807, 2.05) is 12.1 Å². The van der Waals surface area contributed by atoms with E-state index in [1.54, 1.807) is 19.2 Å². The second kappa shape index (κ2) is 7.54. The summed E-state index contributed by atoms with van der Waals surface area (Å²) in [6.45, 7) is 1.34. The van der Waals surface area contributed by atoms with Crippen molar-refractivity contribution in [1.82, 2.24) is 0 Å². The Morgan fingerprint density at radius 2 is 1.94 bits per heavy atom. The summed E-state index contributed by atoms with van der Waals surface area (Å²) in [5.41, 5.74) is 0.676. The molecule has 0 amide bonds. The second-order valence-corrected chi connectivity index (χ2v) is 4.24. The molecule has 0 spiro atoms. The molecule has 0 fully saturated rings. The number of methoxy groups -OCH3 is 1. The minimum atomic E-state index is 0.00455. The van der Waals surface area contributed by atoms with Crippen molar-refractivity contribution in [2.75, 3.05) is 26.9 Å². The van der Waals surface area contributed by atoms with Crippen molar-refractivity contribution >= 4 is 21.7 Å². The van der Waals surface area contributed by atoms with E-state index in [4.69, 9.17) is 9.47 Å². The molecule has 0 saturated heterocycles. The first-order chi connectivity index (χ1) is 7.74. The van der Waals surface area contributed by atoms with E-state index >= 15 is 0 Å². The molecule has 16 heavy (non-hydrogen) atoms. The molecule has 0 aliphatic carbocycles. The Bertz CT molecular complexity index is 322. The van der Waals surface area contributed by atoms with Gasteiger partial charge in [-0.2, -0.15) is 0 Å². The van der Waals surface area contributed by atoms with Crippen molar-refractivity contribution in [3.63, 3.8) is 0 Å². The summed E-state index contributed by atoms with van der Waals surface area (Å²) in [6, 6.07) is 7.26. The average Bonchev–Trinajstić information content (AvgIpc) is 2.29. The number of hydrogen-bond acceptors (Lipinski definition) is 3. The number of ether oxygens (including phenoxy) is 2. The molecule has 88 valence electrons. The number of Topliss-reactive ketones (excluding diaryl/α,β-unsaturated/α-hetero) is 1. The monoisotopic (exact) mass is 286 g/mol. The van der Waals surface area contributed by atoms with E-state index in [2.05, 4.69) is 15.9 Å². The molecule has 3 nitrogen and oxygen atoms in total. The standard InChI is InChI=1S/C12H15BrO3/c1-15-7-2-8-16-9-12(14)10-3-5-11(13)6-4-10/h3-6H,2,7-9H2,1H3. The summed E-state index contributed by atoms with van der Waals surface area (Å²) in [6.07, 6.45) is 0.810. The van der Waals surface area contributed by atoms with Crippen molar-refractivity contribution in [2.45, 2.75) is 6.42 Å². The Labute approximate surface area is 104 Å². The van der Waals surface area contributed by atoms with Gasteiger partial charge in [-0.15, -0.1) is 0 Å². The zero-order chi connectivity index (χ0) is 11.8. The van der Waals surface area contributed by atoms with Crippen LogP contribution in [0.25, 0.3) is 0 Å². The lowest BCUT2D eigenvalue weighted by molar-refractivity contribution is 0.0705. The van der Waals surface area contributed by atoms with Gasteiger partial charge in [0, 0.05) is 30.4 Å². The van der Waals surface area contributed by atoms with E-state index in [-0.39, 0.29) is 12.4 Å². The first kappa shape index (κ1) is 13.4. The average molecular weight is 287 g/mol. The van der Waals surface area contributed by atoms with Crippen LogP contribution in [0.3, 0.4) is 0 Å². The highest BCUT2D eigenvalue weighted by Crippen LogP contribution is 2.10. The fraction of sp³-hybridized carbons (Fsp3) is 0.417. The number of rotatable bonds is 7. The molecule has 0 unspecified atom stereocenters. The van der Waals surface area contributed by atoms with Crippen molar-refractivity contribution < 1.29 is 14.3 Å². The molecule has 0 aliphatic rings. The third-order valence-corrected chi connectivity index (χ3v) is 2.57. The Hall–Kier alpha value is -0.710. The van der Waals surface area contributed by atoms with Crippen LogP contribution in [-0.4, -0.2) is 32.7 Å². The number of ketones is 1. The molecular formula is C12H15BrO3. The van der Waals surface area contributed by atoms with Gasteiger partial charge in [0.2, 0.25) is 0 Å². The van der Waals surface area contributed by atoms with Crippen LogP contribution >= 0.6 is 15.9 Å². The van der Waals surface area contributed by atoms with E-state index in [0.29, 0.717) is 18.8 Å². The van der Waals surface area contributed by atoms with Gasteiger partial charge < -0.3 is 9.47 Å². The van der Waals surface area contributed by atoms with Gasteiger partial charge in [0.15, 0.2) is 5.78 Å². The largest absolute Gasteiger partial charge is 0.385 e. The summed E-state index contributed by atoms with van der Waals surface area (Å²) in [5.74, 6) is 0.00455. The van der Waals surface area contributed by atoms with E-state index < -0.39 is 0 Å². The Morgan fingerprint density at radius 1 is 1.25 bits per heavy atom. The minimum Gasteiger partial charge on any atom is -0.385 e. The summed E-state index contributed by atoms with van der Waals surface area (Å²) in [5, 5.41) is 0. The van der Waals surface area contributed by atoms with Gasteiger partial charge in [-0.25, -0.2) is 0 Å². The Balaban J connectivity index is 2.27. The summed E-state index contributed by atoms with van der Waals surface area (Å²) >= 11 is 3.32. The number of benzene rings is 1. The van der Waals surface area contributed by atoms with E-state index in [0.717, 1.165) is 10.9 Å². The summed E-state index contributed by atoms with van der Waals surface area (Å²) in [4.78, 5) is 11.6. The lowest BCUT2D eigenvalue weighted by Crippen LogP contribution is -2.10. The molecule has 1 aromatic carbocycles. The fourth-order valence-electron chi connectivity index (χ4n) is 1.19. The predicted octanol–water partition coefficient (Wildman–Crippen LogP) is 2.68. The third kappa shape index (κ3) is 4.88. The molecule has 0 aliphatic heterocycles. The first-order valence-electron chi connectivity index (χ1n) is 5.09. The van der Waals surface area contributed by atoms with Crippen LogP contribution in [0.5, 0.6) is 0 Å². The Kier molecular flexibility index (Phi) is 6.30. The number of hydrogen-bond donors (Lipinski definition) is 0. The highest BCUT2D eigenvalue weighted by atomic mass is 79.9. The molecule has 0 aromatic heterocycles. The van der Waals surface area contributed by atoms with Gasteiger partial charge >= 0.3 is 0 Å². The second-order valence-electron chi connectivity index (χ2n) is 3.33. The molecule has 0 radical (unpaired) electrons. The zero-order valence-corrected chi connectivity index (χ0v) is 10.8. The number of carbonyl (C=O) groups excluding carboxylic acids is 1. The summed E-state index contributed by atoms with van der Waals surface area (Å²) in [7, 11) is 1.65. The zero-order valence-electron chi connectivity index (χ0n) is 9.24. The van der Waals surface area contributed by atoms with E-state index in [9.17, 15) is 4.79 Å². The van der Waals surface area contributed by atoms with Crippen LogP contribution in [0.15, 0.2) is 28.7 Å². The predicted molar refractivity (Wildman–Crippen MR) is 65.8 cm³/mol. The topological polar surface area (TPSA) is 35.5 Å². The van der Waals surface area contributed by atoms with Crippen molar-refractivity contribution in [3.05, 3.63) is 34.3 Å². The van der Waals surface area contributed by atoms with Gasteiger partial charge in [-0.05, 0) is 18.6 Å². The smallest absolute Gasteiger partial charge is 0.188 e. The van der Waals surface area contributed by atoms with Gasteiger partial charge in [0.1, 0.15) is 6.61 Å². The molecule has 1 aromatic rings. The summed E-state index contributed by atoms with van der Waals surface area (Å²) < 4.78 is 11.1. The number of halogens is 1. The van der Waals surface area contributed by atoms with Gasteiger partial charge in [-0.3, -0.25) is 4.79 Å². The van der Waals surface area contributed by atoms with Gasteiger partial charge in [0.25, 0.3) is 0 Å². The maximum absolute atomic E-state index is 11.6.